The van der Waals surface area contributed by atoms with Gasteiger partial charge in [0.1, 0.15) is 0 Å². The van der Waals surface area contributed by atoms with Crippen LogP contribution in [0.4, 0.5) is 0 Å². The first-order valence-electron chi connectivity index (χ1n) is 3.79. The van der Waals surface area contributed by atoms with E-state index in [1.165, 1.54) is 25.7 Å². The highest BCUT2D eigenvalue weighted by molar-refractivity contribution is 4.73. The van der Waals surface area contributed by atoms with Crippen LogP contribution in [-0.4, -0.2) is 6.04 Å². The average molecular weight is 128 g/mol. The van der Waals surface area contributed by atoms with Crippen molar-refractivity contribution in [1.82, 2.24) is 5.43 Å². The predicted molar refractivity (Wildman–Crippen MR) is 38.7 cm³/mol. The largest absolute Gasteiger partial charge is 0.271 e. The molecule has 1 fully saturated rings. The van der Waals surface area contributed by atoms with E-state index in [9.17, 15) is 0 Å². The second kappa shape index (κ2) is 3.18. The Bertz CT molecular complexity index is 83.0. The second-order valence-corrected chi connectivity index (χ2v) is 3.14. The molecule has 54 valence electrons. The summed E-state index contributed by atoms with van der Waals surface area (Å²) < 4.78 is 0. The summed E-state index contributed by atoms with van der Waals surface area (Å²) in [6.45, 7) is 2.30. The maximum atomic E-state index is 5.32. The summed E-state index contributed by atoms with van der Waals surface area (Å²) in [5.41, 5.74) is 2.83. The third-order valence-electron chi connectivity index (χ3n) is 2.17. The lowest BCUT2D eigenvalue weighted by Gasteiger charge is -2.25. The molecule has 0 aromatic rings. The molecule has 0 saturated heterocycles. The van der Waals surface area contributed by atoms with Crippen LogP contribution >= 0.6 is 0 Å². The Morgan fingerprint density at radius 2 is 2.22 bits per heavy atom. The first-order chi connectivity index (χ1) is 4.33. The van der Waals surface area contributed by atoms with Crippen LogP contribution in [0, 0.1) is 5.92 Å². The van der Waals surface area contributed by atoms with Gasteiger partial charge < -0.3 is 0 Å². The van der Waals surface area contributed by atoms with Crippen molar-refractivity contribution >= 4 is 0 Å². The number of rotatable bonds is 1. The van der Waals surface area contributed by atoms with Gasteiger partial charge in [-0.1, -0.05) is 19.8 Å². The van der Waals surface area contributed by atoms with Crippen LogP contribution < -0.4 is 11.3 Å². The van der Waals surface area contributed by atoms with Crippen LogP contribution in [0.5, 0.6) is 0 Å². The molecule has 0 aromatic carbocycles. The maximum Gasteiger partial charge on any atom is 0.0213 e. The first kappa shape index (κ1) is 7.03. The van der Waals surface area contributed by atoms with E-state index >= 15 is 0 Å². The fraction of sp³-hybridized carbons (Fsp3) is 1.00. The number of hydrazine groups is 1. The van der Waals surface area contributed by atoms with Gasteiger partial charge in [-0.2, -0.15) is 0 Å². The molecular formula is C7H16N2. The fourth-order valence-corrected chi connectivity index (χ4v) is 1.59. The normalized spacial score (nSPS) is 36.7. The zero-order chi connectivity index (χ0) is 6.69. The quantitative estimate of drug-likeness (QED) is 0.409. The third kappa shape index (κ3) is 1.95. The number of hydrogen-bond acceptors (Lipinski definition) is 2. The molecule has 1 aliphatic rings. The fourth-order valence-electron chi connectivity index (χ4n) is 1.59. The molecule has 1 aliphatic carbocycles. The van der Waals surface area contributed by atoms with Crippen molar-refractivity contribution < 1.29 is 0 Å². The Labute approximate surface area is 56.8 Å². The van der Waals surface area contributed by atoms with E-state index in [1.54, 1.807) is 0 Å². The van der Waals surface area contributed by atoms with Gasteiger partial charge in [-0.3, -0.25) is 11.3 Å². The number of nitrogens with two attached hydrogens (primary N) is 1. The monoisotopic (exact) mass is 128 g/mol. The molecule has 1 saturated carbocycles. The smallest absolute Gasteiger partial charge is 0.0213 e. The van der Waals surface area contributed by atoms with Crippen LogP contribution in [0.3, 0.4) is 0 Å². The van der Waals surface area contributed by atoms with E-state index < -0.39 is 0 Å². The molecule has 0 aromatic heterocycles. The molecule has 0 spiro atoms. The molecule has 1 unspecified atom stereocenters. The van der Waals surface area contributed by atoms with Gasteiger partial charge in [0.15, 0.2) is 0 Å². The SMILES string of the molecule is C[C@@H]1CCCC(NN)C1. The average Bonchev–Trinajstić information content (AvgIpc) is 1.88. The molecule has 3 N–H and O–H groups in total. The highest BCUT2D eigenvalue weighted by Crippen LogP contribution is 2.22. The minimum Gasteiger partial charge on any atom is -0.271 e. The van der Waals surface area contributed by atoms with E-state index in [0.29, 0.717) is 6.04 Å². The van der Waals surface area contributed by atoms with Gasteiger partial charge in [-0.25, -0.2) is 0 Å². The zero-order valence-electron chi connectivity index (χ0n) is 6.06. The van der Waals surface area contributed by atoms with E-state index in [2.05, 4.69) is 12.3 Å². The summed E-state index contributed by atoms with van der Waals surface area (Å²) in [5, 5.41) is 0. The molecule has 0 radical (unpaired) electrons. The number of nitrogens with one attached hydrogen (secondary N) is 1. The van der Waals surface area contributed by atoms with Crippen molar-refractivity contribution in [2.75, 3.05) is 0 Å². The van der Waals surface area contributed by atoms with Gasteiger partial charge in [0.05, 0.1) is 0 Å². The van der Waals surface area contributed by atoms with Gasteiger partial charge >= 0.3 is 0 Å². The lowest BCUT2D eigenvalue weighted by Crippen LogP contribution is -2.38. The summed E-state index contributed by atoms with van der Waals surface area (Å²) in [5.74, 6) is 6.19. The molecule has 0 bridgehead atoms. The van der Waals surface area contributed by atoms with Gasteiger partial charge in [0, 0.05) is 6.04 Å². The Kier molecular flexibility index (Phi) is 2.49. The predicted octanol–water partition coefficient (Wildman–Crippen LogP) is 1.03. The van der Waals surface area contributed by atoms with Crippen molar-refractivity contribution in [2.24, 2.45) is 11.8 Å². The molecule has 2 atom stereocenters. The Hall–Kier alpha value is -0.0800. The summed E-state index contributed by atoms with van der Waals surface area (Å²) >= 11 is 0. The molecule has 2 nitrogen and oxygen atoms in total. The Morgan fingerprint density at radius 3 is 2.67 bits per heavy atom. The molecule has 0 heterocycles. The zero-order valence-corrected chi connectivity index (χ0v) is 6.06. The lowest BCUT2D eigenvalue weighted by molar-refractivity contribution is 0.304. The summed E-state index contributed by atoms with van der Waals surface area (Å²) in [7, 11) is 0. The van der Waals surface area contributed by atoms with Crippen molar-refractivity contribution in [1.29, 1.82) is 0 Å². The van der Waals surface area contributed by atoms with E-state index in [0.717, 1.165) is 5.92 Å². The summed E-state index contributed by atoms with van der Waals surface area (Å²) in [6, 6.07) is 0.591. The molecule has 0 aliphatic heterocycles. The maximum absolute atomic E-state index is 5.32. The van der Waals surface area contributed by atoms with Gasteiger partial charge in [0.25, 0.3) is 0 Å². The van der Waals surface area contributed by atoms with E-state index in [4.69, 9.17) is 5.84 Å². The number of hydrogen-bond donors (Lipinski definition) is 2. The van der Waals surface area contributed by atoms with Crippen LogP contribution in [0.2, 0.25) is 0 Å². The third-order valence-corrected chi connectivity index (χ3v) is 2.17. The molecular weight excluding hydrogens is 112 g/mol. The lowest BCUT2D eigenvalue weighted by atomic mass is 9.87. The minimum absolute atomic E-state index is 0.591. The standard InChI is InChI=1S/C7H16N2/c1-6-3-2-4-7(5-6)9-8/h6-7,9H,2-5,8H2,1H3/t6-,7?/m1/s1. The van der Waals surface area contributed by atoms with Gasteiger partial charge in [-0.15, -0.1) is 0 Å². The van der Waals surface area contributed by atoms with E-state index in [-0.39, 0.29) is 0 Å². The topological polar surface area (TPSA) is 38.0 Å². The molecule has 0 amide bonds. The van der Waals surface area contributed by atoms with Crippen molar-refractivity contribution in [2.45, 2.75) is 38.6 Å². The van der Waals surface area contributed by atoms with Crippen LogP contribution in [0.25, 0.3) is 0 Å². The van der Waals surface area contributed by atoms with Crippen molar-refractivity contribution in [3.05, 3.63) is 0 Å². The summed E-state index contributed by atoms with van der Waals surface area (Å²) in [4.78, 5) is 0. The highest BCUT2D eigenvalue weighted by atomic mass is 15.2. The van der Waals surface area contributed by atoms with Crippen molar-refractivity contribution in [3.8, 4) is 0 Å². The minimum atomic E-state index is 0.591. The van der Waals surface area contributed by atoms with Crippen LogP contribution in [0.1, 0.15) is 32.6 Å². The summed E-state index contributed by atoms with van der Waals surface area (Å²) in [6.07, 6.45) is 5.26. The van der Waals surface area contributed by atoms with Crippen LogP contribution in [0.15, 0.2) is 0 Å². The second-order valence-electron chi connectivity index (χ2n) is 3.14. The van der Waals surface area contributed by atoms with Gasteiger partial charge in [0.2, 0.25) is 0 Å². The van der Waals surface area contributed by atoms with Crippen molar-refractivity contribution in [3.63, 3.8) is 0 Å². The first-order valence-corrected chi connectivity index (χ1v) is 3.79. The Morgan fingerprint density at radius 1 is 1.44 bits per heavy atom. The highest BCUT2D eigenvalue weighted by Gasteiger charge is 2.16. The molecule has 2 heteroatoms. The van der Waals surface area contributed by atoms with E-state index in [1.807, 2.05) is 0 Å². The molecule has 9 heavy (non-hydrogen) atoms. The van der Waals surface area contributed by atoms with Gasteiger partial charge in [-0.05, 0) is 18.8 Å². The molecule has 1 rings (SSSR count). The van der Waals surface area contributed by atoms with Crippen LogP contribution in [-0.2, 0) is 0 Å². The Balaban J connectivity index is 2.23.